The molecule has 174 valence electrons. The molecule has 0 saturated heterocycles. The number of hydrazone groups is 1. The molecule has 0 fully saturated rings. The number of allylic oxidation sites excluding steroid dienone is 2. The van der Waals surface area contributed by atoms with Gasteiger partial charge in [0.05, 0.1) is 11.3 Å². The Kier molecular flexibility index (Phi) is 5.35. The van der Waals surface area contributed by atoms with Gasteiger partial charge in [-0.25, -0.2) is 5.43 Å². The van der Waals surface area contributed by atoms with Crippen molar-refractivity contribution in [1.82, 2.24) is 5.43 Å². The molecule has 0 aromatic heterocycles. The lowest BCUT2D eigenvalue weighted by atomic mass is 9.67. The second-order valence-corrected chi connectivity index (χ2v) is 8.45. The first kappa shape index (κ1) is 22.9. The maximum atomic E-state index is 13.7. The number of carbonyl (C=O) groups excluding carboxylic acids is 4. The van der Waals surface area contributed by atoms with E-state index in [1.165, 1.54) is 27.7 Å². The Labute approximate surface area is 194 Å². The Bertz CT molecular complexity index is 1340. The van der Waals surface area contributed by atoms with Crippen molar-refractivity contribution in [2.45, 2.75) is 33.1 Å². The van der Waals surface area contributed by atoms with Crippen LogP contribution in [0.15, 0.2) is 47.3 Å². The molecule has 0 spiro atoms. The lowest BCUT2D eigenvalue weighted by molar-refractivity contribution is -0.131. The number of rotatable bonds is 4. The number of aromatic hydroxyl groups is 2. The van der Waals surface area contributed by atoms with Crippen molar-refractivity contribution >= 4 is 29.0 Å². The van der Waals surface area contributed by atoms with Gasteiger partial charge in [0, 0.05) is 17.2 Å². The third kappa shape index (κ3) is 3.20. The van der Waals surface area contributed by atoms with Crippen LogP contribution in [0, 0.1) is 12.8 Å². The molecule has 9 heteroatoms. The SMILES string of the molecule is CC(=O)c1c(O)c(C)c(O)c2c1OC1=CC(=O)C(/C(C)=N\NC(=O)c3ccccc3)C(=O)[C@@]12C. The Morgan fingerprint density at radius 2 is 1.74 bits per heavy atom. The second-order valence-electron chi connectivity index (χ2n) is 8.45. The number of hydrogen-bond donors (Lipinski definition) is 3. The number of nitrogens with zero attached hydrogens (tertiary/aromatic N) is 1. The highest BCUT2D eigenvalue weighted by Gasteiger charge is 2.57. The first-order valence-electron chi connectivity index (χ1n) is 10.5. The molecule has 9 nitrogen and oxygen atoms in total. The van der Waals surface area contributed by atoms with Crippen molar-refractivity contribution in [2.24, 2.45) is 11.0 Å². The molecule has 34 heavy (non-hydrogen) atoms. The van der Waals surface area contributed by atoms with E-state index in [-0.39, 0.29) is 33.9 Å². The second kappa shape index (κ2) is 7.95. The van der Waals surface area contributed by atoms with Crippen LogP contribution in [0.3, 0.4) is 0 Å². The topological polar surface area (TPSA) is 142 Å². The molecule has 2 atom stereocenters. The number of ether oxygens (including phenoxy) is 1. The van der Waals surface area contributed by atoms with Crippen molar-refractivity contribution < 1.29 is 34.1 Å². The zero-order valence-electron chi connectivity index (χ0n) is 18.9. The zero-order valence-corrected chi connectivity index (χ0v) is 18.9. The van der Waals surface area contributed by atoms with E-state index in [4.69, 9.17) is 4.74 Å². The zero-order chi connectivity index (χ0) is 24.9. The maximum absolute atomic E-state index is 13.7. The van der Waals surface area contributed by atoms with Gasteiger partial charge in [-0.1, -0.05) is 18.2 Å². The summed E-state index contributed by atoms with van der Waals surface area (Å²) in [5.74, 6) is -4.73. The van der Waals surface area contributed by atoms with E-state index in [0.717, 1.165) is 6.08 Å². The number of fused-ring (bicyclic) bond motifs is 3. The minimum Gasteiger partial charge on any atom is -0.507 e. The summed E-state index contributed by atoms with van der Waals surface area (Å²) in [5, 5.41) is 25.2. The van der Waals surface area contributed by atoms with E-state index in [9.17, 15) is 29.4 Å². The van der Waals surface area contributed by atoms with Gasteiger partial charge >= 0.3 is 0 Å². The smallest absolute Gasteiger partial charge is 0.271 e. The molecule has 1 aliphatic heterocycles. The minimum absolute atomic E-state index is 0.00266. The number of phenols is 2. The number of amides is 1. The highest BCUT2D eigenvalue weighted by atomic mass is 16.5. The van der Waals surface area contributed by atoms with Crippen LogP contribution in [0.25, 0.3) is 0 Å². The Morgan fingerprint density at radius 1 is 1.09 bits per heavy atom. The summed E-state index contributed by atoms with van der Waals surface area (Å²) >= 11 is 0. The summed E-state index contributed by atoms with van der Waals surface area (Å²) in [5.41, 5.74) is 0.967. The van der Waals surface area contributed by atoms with Gasteiger partial charge in [-0.05, 0) is 39.8 Å². The molecule has 3 N–H and O–H groups in total. The predicted molar refractivity (Wildman–Crippen MR) is 121 cm³/mol. The molecule has 2 aliphatic rings. The average molecular weight is 462 g/mol. The van der Waals surface area contributed by atoms with Gasteiger partial charge in [0.25, 0.3) is 5.91 Å². The van der Waals surface area contributed by atoms with Crippen LogP contribution in [0.5, 0.6) is 17.2 Å². The van der Waals surface area contributed by atoms with Crippen LogP contribution in [0.1, 0.15) is 52.6 Å². The highest BCUT2D eigenvalue weighted by molar-refractivity contribution is 6.29. The Hall–Kier alpha value is -4.27. The monoisotopic (exact) mass is 462 g/mol. The number of nitrogens with one attached hydrogen (secondary N) is 1. The van der Waals surface area contributed by atoms with E-state index in [2.05, 4.69) is 10.5 Å². The third-order valence-electron chi connectivity index (χ3n) is 6.30. The summed E-state index contributed by atoms with van der Waals surface area (Å²) in [6.45, 7) is 5.54. The van der Waals surface area contributed by atoms with Crippen LogP contribution in [-0.4, -0.2) is 39.2 Å². The molecule has 1 unspecified atom stereocenters. The van der Waals surface area contributed by atoms with Crippen LogP contribution < -0.4 is 10.2 Å². The molecule has 0 bridgehead atoms. The number of Topliss-reactive ketones (excluding diaryl/α,β-unsaturated/α-hetero) is 2. The van der Waals surface area contributed by atoms with Crippen LogP contribution in [-0.2, 0) is 15.0 Å². The molecule has 1 aliphatic carbocycles. The summed E-state index contributed by atoms with van der Waals surface area (Å²) in [7, 11) is 0. The van der Waals surface area contributed by atoms with Crippen LogP contribution >= 0.6 is 0 Å². The summed E-state index contributed by atoms with van der Waals surface area (Å²) in [6, 6.07) is 8.31. The summed E-state index contributed by atoms with van der Waals surface area (Å²) in [4.78, 5) is 51.1. The largest absolute Gasteiger partial charge is 0.507 e. The molecule has 0 saturated carbocycles. The van der Waals surface area contributed by atoms with Gasteiger partial charge in [0.2, 0.25) is 0 Å². The fourth-order valence-electron chi connectivity index (χ4n) is 4.36. The molecule has 1 amide bonds. The number of hydrogen-bond acceptors (Lipinski definition) is 8. The molecular weight excluding hydrogens is 440 g/mol. The van der Waals surface area contributed by atoms with E-state index >= 15 is 0 Å². The quantitative estimate of drug-likeness (QED) is 0.274. The number of phenolic OH excluding ortho intramolecular Hbond substituents is 2. The van der Waals surface area contributed by atoms with E-state index in [1.807, 2.05) is 0 Å². The molecule has 2 aromatic rings. The van der Waals surface area contributed by atoms with Crippen molar-refractivity contribution in [1.29, 1.82) is 0 Å². The first-order valence-corrected chi connectivity index (χ1v) is 10.5. The predicted octanol–water partition coefficient (Wildman–Crippen LogP) is 2.72. The first-order chi connectivity index (χ1) is 16.0. The fraction of sp³-hybridized carbons (Fsp3) is 0.240. The lowest BCUT2D eigenvalue weighted by Gasteiger charge is -2.31. The van der Waals surface area contributed by atoms with E-state index < -0.39 is 46.1 Å². The Morgan fingerprint density at radius 3 is 2.35 bits per heavy atom. The lowest BCUT2D eigenvalue weighted by Crippen LogP contribution is -2.47. The van der Waals surface area contributed by atoms with Crippen molar-refractivity contribution in [3.05, 3.63) is 64.4 Å². The van der Waals surface area contributed by atoms with Crippen LogP contribution in [0.4, 0.5) is 0 Å². The number of ketones is 3. The maximum Gasteiger partial charge on any atom is 0.271 e. The van der Waals surface area contributed by atoms with Gasteiger partial charge in [-0.15, -0.1) is 0 Å². The fourth-order valence-corrected chi connectivity index (χ4v) is 4.36. The van der Waals surface area contributed by atoms with Crippen molar-refractivity contribution in [3.8, 4) is 17.2 Å². The van der Waals surface area contributed by atoms with E-state index in [0.29, 0.717) is 5.56 Å². The molecule has 1 heterocycles. The number of carbonyl (C=O) groups is 4. The summed E-state index contributed by atoms with van der Waals surface area (Å²) < 4.78 is 5.72. The standard InChI is InChI=1S/C25H22N2O7/c1-11-20(30)18(13(3)28)22-19(21(11)31)25(4)16(34-22)10-15(29)17(23(25)32)12(2)26-27-24(33)14-8-6-5-7-9-14/h5-10,17,30-31H,1-4H3,(H,27,33)/b26-12-/t17?,25-/m0/s1. The summed E-state index contributed by atoms with van der Waals surface area (Å²) in [6.07, 6.45) is 1.12. The normalized spacial score (nSPS) is 21.4. The number of benzene rings is 2. The van der Waals surface area contributed by atoms with Crippen molar-refractivity contribution in [2.75, 3.05) is 0 Å². The third-order valence-corrected chi connectivity index (χ3v) is 6.30. The highest BCUT2D eigenvalue weighted by Crippen LogP contribution is 2.57. The van der Waals surface area contributed by atoms with Crippen molar-refractivity contribution in [3.63, 3.8) is 0 Å². The average Bonchev–Trinajstić information content (AvgIpc) is 3.09. The van der Waals surface area contributed by atoms with Gasteiger partial charge in [0.1, 0.15) is 39.9 Å². The minimum atomic E-state index is -1.61. The Balaban J connectivity index is 1.77. The van der Waals surface area contributed by atoms with E-state index in [1.54, 1.807) is 30.3 Å². The van der Waals surface area contributed by atoms with Gasteiger partial charge < -0.3 is 14.9 Å². The van der Waals surface area contributed by atoms with Gasteiger partial charge in [-0.2, -0.15) is 5.10 Å². The molecule has 2 aromatic carbocycles. The molecule has 4 rings (SSSR count). The van der Waals surface area contributed by atoms with Gasteiger partial charge in [-0.3, -0.25) is 19.2 Å². The van der Waals surface area contributed by atoms with Gasteiger partial charge in [0.15, 0.2) is 17.3 Å². The molecular formula is C25H22N2O7. The molecule has 0 radical (unpaired) electrons. The van der Waals surface area contributed by atoms with Crippen LogP contribution in [0.2, 0.25) is 0 Å².